The van der Waals surface area contributed by atoms with Gasteiger partial charge in [-0.05, 0) is 55.6 Å². The Labute approximate surface area is 154 Å². The van der Waals surface area contributed by atoms with E-state index in [0.717, 1.165) is 31.2 Å². The van der Waals surface area contributed by atoms with Crippen LogP contribution >= 0.6 is 0 Å². The maximum Gasteiger partial charge on any atom is 0.303 e. The van der Waals surface area contributed by atoms with Crippen molar-refractivity contribution in [2.24, 2.45) is 11.8 Å². The molecule has 0 saturated heterocycles. The van der Waals surface area contributed by atoms with Gasteiger partial charge in [0.15, 0.2) is 0 Å². The number of rotatable bonds is 11. The van der Waals surface area contributed by atoms with E-state index in [4.69, 9.17) is 5.11 Å². The summed E-state index contributed by atoms with van der Waals surface area (Å²) in [6.45, 7) is 0. The Bertz CT molecular complexity index is 538. The summed E-state index contributed by atoms with van der Waals surface area (Å²) in [7, 11) is 0. The molecule has 1 fully saturated rings. The molecule has 2 rings (SSSR count). The second-order valence-electron chi connectivity index (χ2n) is 7.42. The molecule has 146 valence electrons. The molecule has 4 N–H and O–H groups in total. The highest BCUT2D eigenvalue weighted by Gasteiger charge is 2.40. The summed E-state index contributed by atoms with van der Waals surface area (Å²) in [4.78, 5) is 14.5. The normalized spacial score (nSPS) is 26.7. The van der Waals surface area contributed by atoms with Gasteiger partial charge >= 0.3 is 5.97 Å². The van der Waals surface area contributed by atoms with Crippen LogP contribution in [0, 0.1) is 11.8 Å². The van der Waals surface area contributed by atoms with Crippen LogP contribution in [0.3, 0.4) is 0 Å². The Hall–Kier alpha value is -1.50. The molecule has 1 aromatic rings. The Morgan fingerprint density at radius 3 is 2.46 bits per heavy atom. The summed E-state index contributed by atoms with van der Waals surface area (Å²) in [6.07, 6.45) is 7.77. The van der Waals surface area contributed by atoms with E-state index in [1.807, 2.05) is 6.07 Å². The van der Waals surface area contributed by atoms with Crippen molar-refractivity contribution in [2.75, 3.05) is 0 Å². The first-order chi connectivity index (χ1) is 12.5. The van der Waals surface area contributed by atoms with Crippen molar-refractivity contribution in [1.82, 2.24) is 4.98 Å². The zero-order valence-electron chi connectivity index (χ0n) is 15.2. The number of carbonyl (C=O) groups is 1. The summed E-state index contributed by atoms with van der Waals surface area (Å²) in [5, 5.41) is 39.5. The molecule has 6 nitrogen and oxygen atoms in total. The fourth-order valence-corrected chi connectivity index (χ4v) is 4.08. The zero-order chi connectivity index (χ0) is 18.9. The van der Waals surface area contributed by atoms with Crippen molar-refractivity contribution in [1.29, 1.82) is 0 Å². The van der Waals surface area contributed by atoms with Crippen LogP contribution in [0.15, 0.2) is 24.5 Å². The van der Waals surface area contributed by atoms with E-state index in [9.17, 15) is 20.1 Å². The number of hydrogen-bond acceptors (Lipinski definition) is 5. The number of unbranched alkanes of at least 4 members (excludes halogenated alkanes) is 3. The minimum Gasteiger partial charge on any atom is -0.481 e. The standard InChI is InChI=1S/C20H31NO5/c22-17(14-6-5-11-21-13-14)10-9-16-15(18(23)12-19(16)24)7-3-1-2-4-8-20(25)26/h5-6,11,13,15-19,22-24H,1-4,7-10,12H2,(H,25,26)/t15?,16?,17?,18-,19+/m0/s1. The molecule has 1 saturated carbocycles. The van der Waals surface area contributed by atoms with Crippen molar-refractivity contribution < 1.29 is 25.2 Å². The lowest BCUT2D eigenvalue weighted by Gasteiger charge is -2.24. The van der Waals surface area contributed by atoms with E-state index in [0.29, 0.717) is 25.7 Å². The van der Waals surface area contributed by atoms with Crippen LogP contribution in [-0.4, -0.2) is 43.6 Å². The number of aliphatic carboxylic acids is 1. The highest BCUT2D eigenvalue weighted by atomic mass is 16.4. The fourth-order valence-electron chi connectivity index (χ4n) is 4.08. The van der Waals surface area contributed by atoms with E-state index in [1.165, 1.54) is 0 Å². The van der Waals surface area contributed by atoms with Crippen LogP contribution in [0.1, 0.15) is 69.5 Å². The molecule has 0 spiro atoms. The average Bonchev–Trinajstić information content (AvgIpc) is 2.89. The van der Waals surface area contributed by atoms with Crippen LogP contribution in [0.25, 0.3) is 0 Å². The third-order valence-electron chi connectivity index (χ3n) is 5.54. The smallest absolute Gasteiger partial charge is 0.303 e. The number of carboxylic acid groups (broad SMARTS) is 1. The number of hydrogen-bond donors (Lipinski definition) is 4. The Morgan fingerprint density at radius 2 is 1.81 bits per heavy atom. The van der Waals surface area contributed by atoms with Crippen molar-refractivity contribution in [3.05, 3.63) is 30.1 Å². The summed E-state index contributed by atoms with van der Waals surface area (Å²) < 4.78 is 0. The van der Waals surface area contributed by atoms with Gasteiger partial charge in [-0.3, -0.25) is 9.78 Å². The van der Waals surface area contributed by atoms with Gasteiger partial charge in [-0.1, -0.05) is 25.3 Å². The molecule has 0 amide bonds. The van der Waals surface area contributed by atoms with E-state index in [-0.39, 0.29) is 18.3 Å². The van der Waals surface area contributed by atoms with Gasteiger partial charge in [-0.25, -0.2) is 0 Å². The molecule has 0 aromatic carbocycles. The van der Waals surface area contributed by atoms with Gasteiger partial charge in [0.2, 0.25) is 0 Å². The van der Waals surface area contributed by atoms with E-state index in [1.54, 1.807) is 18.5 Å². The Morgan fingerprint density at radius 1 is 1.12 bits per heavy atom. The Kier molecular flexibility index (Phi) is 8.48. The minimum absolute atomic E-state index is 0.00431. The molecule has 1 aromatic heterocycles. The second-order valence-corrected chi connectivity index (χ2v) is 7.42. The van der Waals surface area contributed by atoms with Gasteiger partial charge in [-0.2, -0.15) is 0 Å². The molecule has 1 aliphatic rings. The first-order valence-electron chi connectivity index (χ1n) is 9.65. The van der Waals surface area contributed by atoms with E-state index >= 15 is 0 Å². The van der Waals surface area contributed by atoms with Gasteiger partial charge < -0.3 is 20.4 Å². The molecule has 5 atom stereocenters. The predicted octanol–water partition coefficient (Wildman–Crippen LogP) is 2.68. The third kappa shape index (κ3) is 6.34. The van der Waals surface area contributed by atoms with Gasteiger partial charge in [0.25, 0.3) is 0 Å². The minimum atomic E-state index is -0.758. The molecule has 0 aliphatic heterocycles. The molecular weight excluding hydrogens is 334 g/mol. The SMILES string of the molecule is O=C(O)CCCCCCC1C(CCC(O)c2cccnc2)[C@H](O)C[C@@H]1O. The topological polar surface area (TPSA) is 111 Å². The van der Waals surface area contributed by atoms with Crippen molar-refractivity contribution in [2.45, 2.75) is 76.1 Å². The molecule has 1 aliphatic carbocycles. The molecule has 3 unspecified atom stereocenters. The van der Waals surface area contributed by atoms with Crippen LogP contribution in [0.4, 0.5) is 0 Å². The average molecular weight is 365 g/mol. The summed E-state index contributed by atoms with van der Waals surface area (Å²) in [6, 6.07) is 3.63. The number of pyridine rings is 1. The van der Waals surface area contributed by atoms with E-state index < -0.39 is 24.3 Å². The lowest BCUT2D eigenvalue weighted by molar-refractivity contribution is -0.137. The monoisotopic (exact) mass is 365 g/mol. The summed E-state index contributed by atoms with van der Waals surface area (Å²) >= 11 is 0. The first kappa shape index (κ1) is 20.8. The molecule has 6 heteroatoms. The quantitative estimate of drug-likeness (QED) is 0.449. The lowest BCUT2D eigenvalue weighted by Crippen LogP contribution is -2.23. The highest BCUT2D eigenvalue weighted by Crippen LogP contribution is 2.40. The highest BCUT2D eigenvalue weighted by molar-refractivity contribution is 5.66. The third-order valence-corrected chi connectivity index (χ3v) is 5.54. The largest absolute Gasteiger partial charge is 0.481 e. The van der Waals surface area contributed by atoms with E-state index in [2.05, 4.69) is 4.98 Å². The van der Waals surface area contributed by atoms with Crippen LogP contribution < -0.4 is 0 Å². The van der Waals surface area contributed by atoms with Crippen LogP contribution in [0.5, 0.6) is 0 Å². The maximum absolute atomic E-state index is 10.5. The van der Waals surface area contributed by atoms with Crippen LogP contribution in [-0.2, 0) is 4.79 Å². The lowest BCUT2D eigenvalue weighted by atomic mass is 9.84. The molecule has 1 heterocycles. The number of aliphatic hydroxyl groups excluding tert-OH is 3. The summed E-state index contributed by atoms with van der Waals surface area (Å²) in [5.41, 5.74) is 0.774. The number of nitrogens with zero attached hydrogens (tertiary/aromatic N) is 1. The van der Waals surface area contributed by atoms with Crippen LogP contribution in [0.2, 0.25) is 0 Å². The summed E-state index contributed by atoms with van der Waals surface area (Å²) in [5.74, 6) is -0.715. The number of carboxylic acids is 1. The molecule has 0 bridgehead atoms. The van der Waals surface area contributed by atoms with Gasteiger partial charge in [0.05, 0.1) is 18.3 Å². The Balaban J connectivity index is 1.76. The predicted molar refractivity (Wildman–Crippen MR) is 97.4 cm³/mol. The fraction of sp³-hybridized carbons (Fsp3) is 0.700. The molecular formula is C20H31NO5. The van der Waals surface area contributed by atoms with Gasteiger partial charge in [-0.15, -0.1) is 0 Å². The van der Waals surface area contributed by atoms with Crippen molar-refractivity contribution in [3.8, 4) is 0 Å². The van der Waals surface area contributed by atoms with Gasteiger partial charge in [0, 0.05) is 18.8 Å². The number of aliphatic hydroxyl groups is 3. The number of aromatic nitrogens is 1. The second kappa shape index (κ2) is 10.6. The zero-order valence-corrected chi connectivity index (χ0v) is 15.2. The van der Waals surface area contributed by atoms with Gasteiger partial charge in [0.1, 0.15) is 0 Å². The van der Waals surface area contributed by atoms with Crippen molar-refractivity contribution in [3.63, 3.8) is 0 Å². The maximum atomic E-state index is 10.5. The molecule has 0 radical (unpaired) electrons. The molecule has 26 heavy (non-hydrogen) atoms. The van der Waals surface area contributed by atoms with Crippen molar-refractivity contribution >= 4 is 5.97 Å². The first-order valence-corrected chi connectivity index (χ1v) is 9.65.